The molecule has 6 rings (SSSR count). The van der Waals surface area contributed by atoms with Crippen LogP contribution in [0.5, 0.6) is 5.75 Å². The minimum atomic E-state index is -0.434. The Morgan fingerprint density at radius 1 is 1.22 bits per heavy atom. The van der Waals surface area contributed by atoms with Gasteiger partial charge in [0.05, 0.1) is 33.3 Å². The van der Waals surface area contributed by atoms with E-state index in [-0.39, 0.29) is 11.6 Å². The van der Waals surface area contributed by atoms with Gasteiger partial charge in [-0.15, -0.1) is 0 Å². The number of nitrogens with one attached hydrogen (secondary N) is 1. The predicted molar refractivity (Wildman–Crippen MR) is 140 cm³/mol. The fourth-order valence-corrected chi connectivity index (χ4v) is 5.66. The quantitative estimate of drug-likeness (QED) is 0.374. The van der Waals surface area contributed by atoms with Crippen LogP contribution >= 0.6 is 0 Å². The van der Waals surface area contributed by atoms with E-state index in [1.165, 1.54) is 0 Å². The van der Waals surface area contributed by atoms with Gasteiger partial charge >= 0.3 is 0 Å². The van der Waals surface area contributed by atoms with E-state index in [1.807, 2.05) is 49.4 Å². The third-order valence-corrected chi connectivity index (χ3v) is 8.06. The Morgan fingerprint density at radius 3 is 2.78 bits per heavy atom. The third-order valence-electron chi connectivity index (χ3n) is 7.55. The highest BCUT2D eigenvalue weighted by Gasteiger charge is 2.47. The summed E-state index contributed by atoms with van der Waals surface area (Å²) in [5.74, 6) is 1.38. The Bertz CT molecular complexity index is 1430. The van der Waals surface area contributed by atoms with Crippen molar-refractivity contribution >= 4 is 27.1 Å². The maximum Gasteiger partial charge on any atom is 0.252 e. The van der Waals surface area contributed by atoms with E-state index in [9.17, 15) is 4.79 Å². The molecule has 2 fully saturated rings. The molecule has 2 aliphatic rings. The summed E-state index contributed by atoms with van der Waals surface area (Å²) in [5, 5.41) is 4.41. The van der Waals surface area contributed by atoms with E-state index in [4.69, 9.17) is 9.15 Å². The van der Waals surface area contributed by atoms with Gasteiger partial charge in [-0.25, -0.2) is 0 Å². The average Bonchev–Trinajstić information content (AvgIpc) is 3.42. The number of fused-ring (bicyclic) bond motifs is 1. The number of benzene rings is 2. The number of ether oxygens (including phenoxy) is 1. The fourth-order valence-electron chi connectivity index (χ4n) is 5.10. The van der Waals surface area contributed by atoms with Gasteiger partial charge < -0.3 is 19.4 Å². The Kier molecular flexibility index (Phi) is 5.69. The second kappa shape index (κ2) is 8.91. The summed E-state index contributed by atoms with van der Waals surface area (Å²) in [7, 11) is 5.82. The Balaban J connectivity index is 1.30. The molecular weight excluding hydrogens is 466 g/mol. The monoisotopic (exact) mass is 494 g/mol. The lowest BCUT2D eigenvalue weighted by Crippen LogP contribution is -2.53. The number of aryl methyl sites for hydroxylation is 1. The van der Waals surface area contributed by atoms with Crippen molar-refractivity contribution in [2.75, 3.05) is 13.6 Å². The first-order valence-electron chi connectivity index (χ1n) is 12.4. The van der Waals surface area contributed by atoms with E-state index >= 15 is 0 Å². The number of pyridine rings is 1. The predicted octanol–water partition coefficient (Wildman–Crippen LogP) is 4.80. The molecule has 7 heteroatoms. The number of hydrogen-bond acceptors (Lipinski definition) is 5. The van der Waals surface area contributed by atoms with Gasteiger partial charge in [-0.3, -0.25) is 9.78 Å². The highest BCUT2D eigenvalue weighted by molar-refractivity contribution is 6.11. The lowest BCUT2D eigenvalue weighted by molar-refractivity contribution is 0.0562. The molecule has 1 saturated carbocycles. The summed E-state index contributed by atoms with van der Waals surface area (Å²) in [5.41, 5.74) is 3.90. The summed E-state index contributed by atoms with van der Waals surface area (Å²) in [6, 6.07) is 18.1. The van der Waals surface area contributed by atoms with Crippen LogP contribution < -0.4 is 10.1 Å². The lowest BCUT2D eigenvalue weighted by atomic mass is 9.95. The number of likely N-dealkylation sites (tertiary alicyclic amines) is 1. The number of amides is 1. The van der Waals surface area contributed by atoms with Gasteiger partial charge in [0.2, 0.25) is 0 Å². The molecule has 1 saturated heterocycles. The third kappa shape index (κ3) is 4.12. The summed E-state index contributed by atoms with van der Waals surface area (Å²) >= 11 is 0. The van der Waals surface area contributed by atoms with Gasteiger partial charge in [-0.2, -0.15) is 0 Å². The minimum Gasteiger partial charge on any atom is -0.493 e. The maximum atomic E-state index is 13.6. The average molecular weight is 495 g/mol. The van der Waals surface area contributed by atoms with Crippen LogP contribution in [0.25, 0.3) is 22.2 Å². The molecule has 2 atom stereocenters. The summed E-state index contributed by atoms with van der Waals surface area (Å²) in [6.45, 7) is 3.03. The molecule has 6 nitrogen and oxygen atoms in total. The minimum absolute atomic E-state index is 0.0952. The molecule has 181 valence electrons. The molecule has 4 aromatic rings. The van der Waals surface area contributed by atoms with Crippen LogP contribution in [-0.4, -0.2) is 51.4 Å². The largest absolute Gasteiger partial charge is 0.493 e. The zero-order valence-corrected chi connectivity index (χ0v) is 21.5. The van der Waals surface area contributed by atoms with Gasteiger partial charge in [0.25, 0.3) is 5.91 Å². The Morgan fingerprint density at radius 2 is 2.08 bits per heavy atom. The van der Waals surface area contributed by atoms with E-state index in [1.54, 1.807) is 12.5 Å². The smallest absolute Gasteiger partial charge is 0.252 e. The van der Waals surface area contributed by atoms with Crippen molar-refractivity contribution < 1.29 is 13.9 Å². The molecule has 0 bridgehead atoms. The van der Waals surface area contributed by atoms with Gasteiger partial charge in [0, 0.05) is 28.8 Å². The van der Waals surface area contributed by atoms with Crippen LogP contribution in [0.1, 0.15) is 40.7 Å². The van der Waals surface area contributed by atoms with Crippen molar-refractivity contribution in [1.82, 2.24) is 15.2 Å². The molecule has 1 amide bonds. The van der Waals surface area contributed by atoms with Crippen LogP contribution in [0.4, 0.5) is 0 Å². The summed E-state index contributed by atoms with van der Waals surface area (Å²) < 4.78 is 11.8. The number of carbonyl (C=O) groups is 1. The molecule has 2 aromatic heterocycles. The number of rotatable bonds is 7. The Labute approximate surface area is 214 Å². The number of likely N-dealkylation sites (N-methyl/N-ethyl adjacent to an activating group) is 1. The van der Waals surface area contributed by atoms with E-state index in [2.05, 4.69) is 44.6 Å². The molecule has 3 radical (unpaired) electrons. The van der Waals surface area contributed by atoms with Gasteiger partial charge in [-0.05, 0) is 93.4 Å². The standard InChI is InChI=1S/C29H28N3O3Si/c1-18-7-8-20(35-28(36)25-9-13-32(25)2)17-22(18)27(33)31-29(10-11-29)23-15-19(26-6-4-14-34-26)16-24-21(23)5-3-12-30-24/h3-8,12,14-17,25,28H,9-11,13H2,1-2H3,(H,31,33)/t25-,28?/m0/s1. The van der Waals surface area contributed by atoms with Crippen LogP contribution in [0, 0.1) is 6.92 Å². The highest BCUT2D eigenvalue weighted by atomic mass is 28.1. The number of aromatic nitrogens is 1. The van der Waals surface area contributed by atoms with Crippen LogP contribution in [0.15, 0.2) is 71.5 Å². The molecule has 2 aromatic carbocycles. The van der Waals surface area contributed by atoms with Crippen LogP contribution in [0.2, 0.25) is 0 Å². The molecular formula is C29H28N3O3Si. The van der Waals surface area contributed by atoms with Crippen LogP contribution in [0.3, 0.4) is 0 Å². The highest BCUT2D eigenvalue weighted by Crippen LogP contribution is 2.49. The molecule has 1 aliphatic heterocycles. The van der Waals surface area contributed by atoms with Gasteiger partial charge in [-0.1, -0.05) is 12.1 Å². The van der Waals surface area contributed by atoms with Crippen molar-refractivity contribution in [3.63, 3.8) is 0 Å². The first kappa shape index (κ1) is 23.0. The number of furan rings is 1. The number of nitrogens with zero attached hydrogens (tertiary/aromatic N) is 2. The molecule has 3 heterocycles. The lowest BCUT2D eigenvalue weighted by Gasteiger charge is -2.41. The zero-order valence-electron chi connectivity index (χ0n) is 20.5. The number of carbonyl (C=O) groups excluding carboxylic acids is 1. The Hall–Kier alpha value is -3.42. The number of hydrogen-bond donors (Lipinski definition) is 1. The molecule has 0 spiro atoms. The van der Waals surface area contributed by atoms with Crippen molar-refractivity contribution in [3.05, 3.63) is 83.7 Å². The van der Waals surface area contributed by atoms with Gasteiger partial charge in [0.15, 0.2) is 0 Å². The van der Waals surface area contributed by atoms with Crippen molar-refractivity contribution in [2.24, 2.45) is 0 Å². The summed E-state index contributed by atoms with van der Waals surface area (Å²) in [4.78, 5) is 20.5. The second-order valence-electron chi connectivity index (χ2n) is 9.96. The first-order chi connectivity index (χ1) is 17.4. The molecule has 36 heavy (non-hydrogen) atoms. The first-order valence-corrected chi connectivity index (χ1v) is 13.0. The molecule has 1 unspecified atom stereocenters. The summed E-state index contributed by atoms with van der Waals surface area (Å²) in [6.07, 6.45) is 6.30. The molecule has 1 aliphatic carbocycles. The van der Waals surface area contributed by atoms with E-state index < -0.39 is 5.54 Å². The van der Waals surface area contributed by atoms with Crippen LogP contribution in [-0.2, 0) is 5.54 Å². The van der Waals surface area contributed by atoms with E-state index in [0.29, 0.717) is 17.4 Å². The van der Waals surface area contributed by atoms with Crippen molar-refractivity contribution in [1.29, 1.82) is 0 Å². The SMILES string of the molecule is Cc1ccc(OC([Si])[C@@H]2CCN2C)cc1C(=O)NC1(c2cc(-c3ccco3)cc3ncccc23)CC1. The van der Waals surface area contributed by atoms with E-state index in [0.717, 1.165) is 59.2 Å². The second-order valence-corrected chi connectivity index (χ2v) is 10.5. The molecule has 1 N–H and O–H groups in total. The van der Waals surface area contributed by atoms with Crippen molar-refractivity contribution in [2.45, 2.75) is 43.5 Å². The topological polar surface area (TPSA) is 67.6 Å². The zero-order chi connectivity index (χ0) is 24.9. The van der Waals surface area contributed by atoms with Crippen molar-refractivity contribution in [3.8, 4) is 17.1 Å². The normalized spacial score (nSPS) is 19.5. The maximum absolute atomic E-state index is 13.6. The van der Waals surface area contributed by atoms with Gasteiger partial charge in [0.1, 0.15) is 11.5 Å². The fraction of sp³-hybridized carbons (Fsp3) is 0.310.